The molecule has 2 fully saturated rings. The molecule has 0 unspecified atom stereocenters. The highest BCUT2D eigenvalue weighted by molar-refractivity contribution is 5.99. The molecule has 108 valence electrons. The van der Waals surface area contributed by atoms with Gasteiger partial charge in [-0.05, 0) is 25.2 Å². The molecule has 1 amide bonds. The number of ether oxygens (including phenoxy) is 1. The van der Waals surface area contributed by atoms with Crippen LogP contribution in [0.1, 0.15) is 47.0 Å². The fourth-order valence-corrected chi connectivity index (χ4v) is 4.01. The van der Waals surface area contributed by atoms with Crippen molar-refractivity contribution in [3.05, 3.63) is 0 Å². The minimum Gasteiger partial charge on any atom is -0.383 e. The van der Waals surface area contributed by atoms with Crippen LogP contribution < -0.4 is 5.32 Å². The first kappa shape index (κ1) is 14.5. The zero-order valence-electron chi connectivity index (χ0n) is 12.6. The van der Waals surface area contributed by atoms with Gasteiger partial charge in [0.1, 0.15) is 5.78 Å². The highest BCUT2D eigenvalue weighted by atomic mass is 16.5. The lowest BCUT2D eigenvalue weighted by Crippen LogP contribution is -2.50. The van der Waals surface area contributed by atoms with Gasteiger partial charge in [0.05, 0.1) is 12.0 Å². The molecule has 2 aliphatic carbocycles. The van der Waals surface area contributed by atoms with E-state index < -0.39 is 5.41 Å². The van der Waals surface area contributed by atoms with Crippen molar-refractivity contribution in [1.29, 1.82) is 0 Å². The van der Waals surface area contributed by atoms with Gasteiger partial charge in [-0.1, -0.05) is 20.8 Å². The van der Waals surface area contributed by atoms with Gasteiger partial charge in [0.15, 0.2) is 0 Å². The standard InChI is InChI=1S/C15H25NO3/c1-10(9-19-5)16-12(18)15-7-6-14(4,11(17)8-15)13(15,2)3/h10H,6-9H2,1-5H3,(H,16,18)/t10-,14+,15-/m1/s1. The lowest BCUT2D eigenvalue weighted by Gasteiger charge is -2.39. The van der Waals surface area contributed by atoms with Crippen molar-refractivity contribution in [2.45, 2.75) is 53.0 Å². The van der Waals surface area contributed by atoms with Crippen LogP contribution in [0.4, 0.5) is 0 Å². The summed E-state index contributed by atoms with van der Waals surface area (Å²) < 4.78 is 5.06. The Hall–Kier alpha value is -0.900. The smallest absolute Gasteiger partial charge is 0.227 e. The third-order valence-electron chi connectivity index (χ3n) is 5.93. The number of fused-ring (bicyclic) bond motifs is 2. The Bertz CT molecular complexity index is 418. The third-order valence-corrected chi connectivity index (χ3v) is 5.93. The minimum absolute atomic E-state index is 0.0229. The summed E-state index contributed by atoms with van der Waals surface area (Å²) in [7, 11) is 1.62. The number of ketones is 1. The number of carbonyl (C=O) groups is 2. The van der Waals surface area contributed by atoms with E-state index >= 15 is 0 Å². The normalized spacial score (nSPS) is 37.4. The van der Waals surface area contributed by atoms with E-state index in [2.05, 4.69) is 19.2 Å². The van der Waals surface area contributed by atoms with E-state index in [1.807, 2.05) is 13.8 Å². The van der Waals surface area contributed by atoms with Gasteiger partial charge < -0.3 is 10.1 Å². The largest absolute Gasteiger partial charge is 0.383 e. The summed E-state index contributed by atoms with van der Waals surface area (Å²) in [6.45, 7) is 8.59. The molecule has 0 aliphatic heterocycles. The minimum atomic E-state index is -0.527. The average Bonchev–Trinajstić information content (AvgIpc) is 2.59. The topological polar surface area (TPSA) is 55.4 Å². The molecule has 2 bridgehead atoms. The maximum absolute atomic E-state index is 12.7. The van der Waals surface area contributed by atoms with Crippen molar-refractivity contribution < 1.29 is 14.3 Å². The summed E-state index contributed by atoms with van der Waals surface area (Å²) in [5.74, 6) is 0.273. The molecular weight excluding hydrogens is 242 g/mol. The van der Waals surface area contributed by atoms with Crippen LogP contribution in [0.5, 0.6) is 0 Å². The monoisotopic (exact) mass is 267 g/mol. The highest BCUT2D eigenvalue weighted by Crippen LogP contribution is 2.70. The molecule has 1 N–H and O–H groups in total. The first-order valence-corrected chi connectivity index (χ1v) is 7.04. The fourth-order valence-electron chi connectivity index (χ4n) is 4.01. The number of carbonyl (C=O) groups excluding carboxylic acids is 2. The molecule has 2 saturated carbocycles. The van der Waals surface area contributed by atoms with Crippen LogP contribution in [0.25, 0.3) is 0 Å². The number of amides is 1. The molecule has 0 saturated heterocycles. The lowest BCUT2D eigenvalue weighted by molar-refractivity contribution is -0.137. The first-order chi connectivity index (χ1) is 8.71. The summed E-state index contributed by atoms with van der Waals surface area (Å²) in [5.41, 5.74) is -1.14. The maximum atomic E-state index is 12.7. The van der Waals surface area contributed by atoms with Crippen molar-refractivity contribution in [2.75, 3.05) is 13.7 Å². The van der Waals surface area contributed by atoms with Crippen LogP contribution in [0.3, 0.4) is 0 Å². The zero-order chi connectivity index (χ0) is 14.5. The van der Waals surface area contributed by atoms with Crippen molar-refractivity contribution in [3.8, 4) is 0 Å². The molecule has 19 heavy (non-hydrogen) atoms. The summed E-state index contributed by atoms with van der Waals surface area (Å²) in [6.07, 6.45) is 2.03. The van der Waals surface area contributed by atoms with Gasteiger partial charge in [0, 0.05) is 25.0 Å². The van der Waals surface area contributed by atoms with E-state index in [9.17, 15) is 9.59 Å². The van der Waals surface area contributed by atoms with Crippen molar-refractivity contribution >= 4 is 11.7 Å². The Labute approximate surface area is 115 Å². The Balaban J connectivity index is 2.24. The second-order valence-corrected chi connectivity index (χ2v) is 6.97. The predicted molar refractivity (Wildman–Crippen MR) is 72.7 cm³/mol. The number of Topliss-reactive ketones (excluding diaryl/α,β-unsaturated/α-hetero) is 1. The van der Waals surface area contributed by atoms with Crippen molar-refractivity contribution in [3.63, 3.8) is 0 Å². The Morgan fingerprint density at radius 1 is 1.37 bits per heavy atom. The number of methoxy groups -OCH3 is 1. The molecule has 0 aromatic carbocycles. The first-order valence-electron chi connectivity index (χ1n) is 7.04. The van der Waals surface area contributed by atoms with Crippen LogP contribution >= 0.6 is 0 Å². The van der Waals surface area contributed by atoms with E-state index in [1.165, 1.54) is 0 Å². The van der Waals surface area contributed by atoms with Gasteiger partial charge in [0.2, 0.25) is 5.91 Å². The average molecular weight is 267 g/mol. The summed E-state index contributed by atoms with van der Waals surface area (Å²) >= 11 is 0. The maximum Gasteiger partial charge on any atom is 0.227 e. The summed E-state index contributed by atoms with van der Waals surface area (Å²) in [4.78, 5) is 25.0. The Morgan fingerprint density at radius 2 is 2.00 bits per heavy atom. The van der Waals surface area contributed by atoms with Gasteiger partial charge in [-0.25, -0.2) is 0 Å². The quantitative estimate of drug-likeness (QED) is 0.846. The summed E-state index contributed by atoms with van der Waals surface area (Å²) in [5, 5.41) is 3.02. The van der Waals surface area contributed by atoms with Crippen LogP contribution in [-0.2, 0) is 14.3 Å². The van der Waals surface area contributed by atoms with Gasteiger partial charge in [-0.15, -0.1) is 0 Å². The van der Waals surface area contributed by atoms with Crippen LogP contribution in [-0.4, -0.2) is 31.4 Å². The molecule has 0 spiro atoms. The molecule has 4 nitrogen and oxygen atoms in total. The molecule has 4 heteroatoms. The SMILES string of the molecule is COC[C@@H](C)NC(=O)[C@@]12CC[C@@](C)(C(=O)C1)C2(C)C. The van der Waals surface area contributed by atoms with E-state index in [0.717, 1.165) is 12.8 Å². The molecule has 2 rings (SSSR count). The van der Waals surface area contributed by atoms with E-state index in [0.29, 0.717) is 13.0 Å². The molecule has 3 atom stereocenters. The molecule has 2 aliphatic rings. The second kappa shape index (κ2) is 4.30. The third kappa shape index (κ3) is 1.69. The lowest BCUT2D eigenvalue weighted by atomic mass is 9.64. The van der Waals surface area contributed by atoms with E-state index in [1.54, 1.807) is 7.11 Å². The van der Waals surface area contributed by atoms with Crippen LogP contribution in [0.2, 0.25) is 0 Å². The zero-order valence-corrected chi connectivity index (χ0v) is 12.6. The number of rotatable bonds is 4. The van der Waals surface area contributed by atoms with Crippen molar-refractivity contribution in [2.24, 2.45) is 16.2 Å². The van der Waals surface area contributed by atoms with Gasteiger partial charge in [-0.3, -0.25) is 9.59 Å². The van der Waals surface area contributed by atoms with E-state index in [4.69, 9.17) is 4.74 Å². The Kier molecular flexibility index (Phi) is 3.28. The predicted octanol–water partition coefficient (Wildman–Crippen LogP) is 1.92. The number of nitrogens with one attached hydrogen (secondary N) is 1. The van der Waals surface area contributed by atoms with Crippen molar-refractivity contribution in [1.82, 2.24) is 5.32 Å². The molecular formula is C15H25NO3. The summed E-state index contributed by atoms with van der Waals surface area (Å²) in [6, 6.07) is -0.0229. The molecule has 0 heterocycles. The van der Waals surface area contributed by atoms with Crippen LogP contribution in [0, 0.1) is 16.2 Å². The fraction of sp³-hybridized carbons (Fsp3) is 0.867. The number of hydrogen-bond acceptors (Lipinski definition) is 3. The second-order valence-electron chi connectivity index (χ2n) is 6.97. The van der Waals surface area contributed by atoms with Crippen LogP contribution in [0.15, 0.2) is 0 Å². The molecule has 0 radical (unpaired) electrons. The van der Waals surface area contributed by atoms with Gasteiger partial charge in [0.25, 0.3) is 0 Å². The van der Waals surface area contributed by atoms with E-state index in [-0.39, 0.29) is 28.6 Å². The molecule has 0 aromatic rings. The number of hydrogen-bond donors (Lipinski definition) is 1. The Morgan fingerprint density at radius 3 is 2.42 bits per heavy atom. The molecule has 0 aromatic heterocycles. The highest BCUT2D eigenvalue weighted by Gasteiger charge is 2.72. The van der Waals surface area contributed by atoms with Gasteiger partial charge >= 0.3 is 0 Å². The van der Waals surface area contributed by atoms with Gasteiger partial charge in [-0.2, -0.15) is 0 Å².